The van der Waals surface area contributed by atoms with Crippen molar-refractivity contribution in [1.82, 2.24) is 24.9 Å². The van der Waals surface area contributed by atoms with E-state index in [2.05, 4.69) is 10.2 Å². The van der Waals surface area contributed by atoms with Crippen molar-refractivity contribution >= 4 is 35.5 Å². The second kappa shape index (κ2) is 9.33. The van der Waals surface area contributed by atoms with Crippen molar-refractivity contribution in [2.75, 3.05) is 46.4 Å². The van der Waals surface area contributed by atoms with Crippen LogP contribution in [-0.4, -0.2) is 102 Å². The van der Waals surface area contributed by atoms with Gasteiger partial charge in [-0.05, 0) is 24.6 Å². The fourth-order valence-corrected chi connectivity index (χ4v) is 4.48. The zero-order valence-corrected chi connectivity index (χ0v) is 18.9. The van der Waals surface area contributed by atoms with Gasteiger partial charge in [0.2, 0.25) is 0 Å². The van der Waals surface area contributed by atoms with Gasteiger partial charge in [0.25, 0.3) is 5.91 Å². The molecule has 2 unspecified atom stereocenters. The predicted octanol–water partition coefficient (Wildman–Crippen LogP) is 0.569. The molecular weight excluding hydrogens is 436 g/mol. The van der Waals surface area contributed by atoms with Crippen LogP contribution in [0, 0.1) is 0 Å². The van der Waals surface area contributed by atoms with E-state index < -0.39 is 18.2 Å². The fourth-order valence-electron chi connectivity index (χ4n) is 4.27. The molecule has 32 heavy (non-hydrogen) atoms. The van der Waals surface area contributed by atoms with Gasteiger partial charge < -0.3 is 19.4 Å². The number of hydrogen-bond acceptors (Lipinski definition) is 8. The van der Waals surface area contributed by atoms with Crippen LogP contribution in [-0.2, 0) is 20.9 Å². The van der Waals surface area contributed by atoms with E-state index in [0.29, 0.717) is 50.3 Å². The van der Waals surface area contributed by atoms with E-state index in [1.54, 1.807) is 20.0 Å². The molecule has 0 aromatic heterocycles. The zero-order chi connectivity index (χ0) is 22.8. The number of benzene rings is 1. The van der Waals surface area contributed by atoms with Crippen LogP contribution in [0.25, 0.3) is 0 Å². The average molecular weight is 463 g/mol. The summed E-state index contributed by atoms with van der Waals surface area (Å²) in [5.74, 6) is 0.0804. The number of carbonyl (C=O) groups is 3. The van der Waals surface area contributed by atoms with Gasteiger partial charge in [-0.15, -0.1) is 0 Å². The summed E-state index contributed by atoms with van der Waals surface area (Å²) in [6.07, 6.45) is -0.594. The van der Waals surface area contributed by atoms with Crippen LogP contribution in [0.2, 0.25) is 5.02 Å². The lowest BCUT2D eigenvalue weighted by atomic mass is 10.1. The minimum atomic E-state index is -0.621. The van der Waals surface area contributed by atoms with Crippen molar-refractivity contribution in [2.45, 2.75) is 25.7 Å². The number of esters is 1. The molecule has 0 radical (unpaired) electrons. The first-order valence-electron chi connectivity index (χ1n) is 10.7. The van der Waals surface area contributed by atoms with Crippen LogP contribution >= 0.6 is 11.6 Å². The first-order chi connectivity index (χ1) is 15.4. The third-order valence-electron chi connectivity index (χ3n) is 5.89. The van der Waals surface area contributed by atoms with Crippen molar-refractivity contribution in [3.8, 4) is 0 Å². The molecule has 172 valence electrons. The van der Waals surface area contributed by atoms with Gasteiger partial charge in [-0.3, -0.25) is 19.8 Å². The molecule has 0 aliphatic carbocycles. The summed E-state index contributed by atoms with van der Waals surface area (Å²) in [6.45, 7) is 5.46. The number of amides is 3. The Morgan fingerprint density at radius 2 is 2.00 bits per heavy atom. The minimum absolute atomic E-state index is 0.232. The molecule has 10 nitrogen and oxygen atoms in total. The van der Waals surface area contributed by atoms with Gasteiger partial charge in [-0.1, -0.05) is 23.7 Å². The quantitative estimate of drug-likeness (QED) is 0.639. The van der Waals surface area contributed by atoms with E-state index in [1.807, 2.05) is 28.0 Å². The van der Waals surface area contributed by atoms with E-state index in [-0.39, 0.29) is 18.4 Å². The molecule has 0 spiro atoms. The molecule has 0 saturated carbocycles. The van der Waals surface area contributed by atoms with Gasteiger partial charge in [-0.25, -0.2) is 9.79 Å². The summed E-state index contributed by atoms with van der Waals surface area (Å²) in [7, 11) is 1.64. The normalized spacial score (nSPS) is 23.7. The molecule has 0 bridgehead atoms. The number of urea groups is 1. The molecule has 2 fully saturated rings. The number of ether oxygens (including phenoxy) is 1. The predicted molar refractivity (Wildman–Crippen MR) is 118 cm³/mol. The van der Waals surface area contributed by atoms with Crippen LogP contribution in [0.4, 0.5) is 4.79 Å². The summed E-state index contributed by atoms with van der Waals surface area (Å²) in [5, 5.41) is 3.04. The maximum absolute atomic E-state index is 12.8. The van der Waals surface area contributed by atoms with Gasteiger partial charge in [0.05, 0.1) is 13.2 Å². The second-order valence-corrected chi connectivity index (χ2v) is 8.46. The number of likely N-dealkylation sites (N-methyl/N-ethyl adjacent to an activating group) is 1. The number of guanidine groups is 1. The molecule has 1 aromatic carbocycles. The average Bonchev–Trinajstić information content (AvgIpc) is 3.13. The monoisotopic (exact) mass is 462 g/mol. The lowest BCUT2D eigenvalue weighted by Crippen LogP contribution is -2.64. The molecular formula is C21H27ClN6O4. The smallest absolute Gasteiger partial charge is 0.325 e. The largest absolute Gasteiger partial charge is 0.465 e. The molecule has 3 amide bonds. The third kappa shape index (κ3) is 4.51. The number of hydrogen-bond donors (Lipinski definition) is 1. The molecule has 3 aliphatic heterocycles. The fraction of sp³-hybridized carbons (Fsp3) is 0.524. The SMILES string of the molecule is CCOC(=O)CN1CCN(C2=NC3C(C(=O)NC(=O)N3C)N2Cc2cccc(Cl)c2)CC1. The van der Waals surface area contributed by atoms with Crippen LogP contribution in [0.15, 0.2) is 29.3 Å². The van der Waals surface area contributed by atoms with Crippen molar-refractivity contribution in [3.63, 3.8) is 0 Å². The maximum Gasteiger partial charge on any atom is 0.325 e. The highest BCUT2D eigenvalue weighted by atomic mass is 35.5. The highest BCUT2D eigenvalue weighted by molar-refractivity contribution is 6.30. The van der Waals surface area contributed by atoms with Gasteiger partial charge in [0.1, 0.15) is 0 Å². The molecule has 1 aromatic rings. The number of piperazine rings is 1. The van der Waals surface area contributed by atoms with Gasteiger partial charge in [0.15, 0.2) is 18.2 Å². The van der Waals surface area contributed by atoms with Crippen LogP contribution < -0.4 is 5.32 Å². The summed E-state index contributed by atoms with van der Waals surface area (Å²) in [4.78, 5) is 49.1. The first kappa shape index (κ1) is 22.3. The summed E-state index contributed by atoms with van der Waals surface area (Å²) >= 11 is 6.17. The van der Waals surface area contributed by atoms with Gasteiger partial charge in [0, 0.05) is 44.8 Å². The van der Waals surface area contributed by atoms with Crippen LogP contribution in [0.5, 0.6) is 0 Å². The van der Waals surface area contributed by atoms with Crippen molar-refractivity contribution in [3.05, 3.63) is 34.9 Å². The summed E-state index contributed by atoms with van der Waals surface area (Å²) in [6, 6.07) is 6.40. The van der Waals surface area contributed by atoms with E-state index in [4.69, 9.17) is 21.3 Å². The highest BCUT2D eigenvalue weighted by Gasteiger charge is 2.49. The number of imide groups is 1. The van der Waals surface area contributed by atoms with Crippen molar-refractivity contribution in [2.24, 2.45) is 4.99 Å². The number of carbonyl (C=O) groups excluding carboxylic acids is 3. The van der Waals surface area contributed by atoms with Gasteiger partial charge in [-0.2, -0.15) is 0 Å². The van der Waals surface area contributed by atoms with Crippen LogP contribution in [0.3, 0.4) is 0 Å². The lowest BCUT2D eigenvalue weighted by Gasteiger charge is -2.40. The third-order valence-corrected chi connectivity index (χ3v) is 6.13. The lowest BCUT2D eigenvalue weighted by molar-refractivity contribution is -0.144. The number of nitrogens with zero attached hydrogens (tertiary/aromatic N) is 5. The first-order valence-corrected chi connectivity index (χ1v) is 11.0. The Kier molecular flexibility index (Phi) is 6.52. The van der Waals surface area contributed by atoms with E-state index in [0.717, 1.165) is 5.56 Å². The Balaban J connectivity index is 1.53. The topological polar surface area (TPSA) is 97.8 Å². The number of rotatable bonds is 5. The zero-order valence-electron chi connectivity index (χ0n) is 18.2. The Bertz CT molecular complexity index is 933. The number of aliphatic imine (C=N–C) groups is 1. The highest BCUT2D eigenvalue weighted by Crippen LogP contribution is 2.28. The Morgan fingerprint density at radius 1 is 1.25 bits per heavy atom. The molecule has 3 heterocycles. The summed E-state index contributed by atoms with van der Waals surface area (Å²) < 4.78 is 5.04. The van der Waals surface area contributed by atoms with E-state index in [9.17, 15) is 14.4 Å². The Hall–Kier alpha value is -2.85. The minimum Gasteiger partial charge on any atom is -0.465 e. The number of nitrogens with one attached hydrogen (secondary N) is 1. The molecule has 2 atom stereocenters. The second-order valence-electron chi connectivity index (χ2n) is 8.02. The Morgan fingerprint density at radius 3 is 2.69 bits per heavy atom. The van der Waals surface area contributed by atoms with Crippen LogP contribution in [0.1, 0.15) is 12.5 Å². The standard InChI is InChI=1S/C21H27ClN6O4/c1-3-32-16(29)13-26-7-9-27(10-8-26)20-23-18-17(19(30)24-21(31)25(18)2)28(20)12-14-5-4-6-15(22)11-14/h4-6,11,17-18H,3,7-10,12-13H2,1-2H3,(H,24,30,31). The Labute approximate surface area is 191 Å². The van der Waals surface area contributed by atoms with E-state index >= 15 is 0 Å². The van der Waals surface area contributed by atoms with Crippen molar-refractivity contribution in [1.29, 1.82) is 0 Å². The van der Waals surface area contributed by atoms with Crippen molar-refractivity contribution < 1.29 is 19.1 Å². The molecule has 11 heteroatoms. The molecule has 4 rings (SSSR count). The molecule has 1 N–H and O–H groups in total. The summed E-state index contributed by atoms with van der Waals surface area (Å²) in [5.41, 5.74) is 0.944. The molecule has 2 saturated heterocycles. The number of fused-ring (bicyclic) bond motifs is 1. The van der Waals surface area contributed by atoms with Gasteiger partial charge >= 0.3 is 12.0 Å². The number of halogens is 1. The van der Waals surface area contributed by atoms with E-state index in [1.165, 1.54) is 4.90 Å². The maximum atomic E-state index is 12.8. The molecule has 3 aliphatic rings.